The number of nitrogens with one attached hydrogen (secondary N) is 1. The number of anilines is 1. The molecule has 0 saturated carbocycles. The molecule has 2 heterocycles. The van der Waals surface area contributed by atoms with Crippen molar-refractivity contribution in [3.63, 3.8) is 0 Å². The van der Waals surface area contributed by atoms with E-state index < -0.39 is 108 Å². The summed E-state index contributed by atoms with van der Waals surface area (Å²) in [7, 11) is -5.31. The lowest BCUT2D eigenvalue weighted by Crippen LogP contribution is -2.27. The number of aromatic hydroxyl groups is 1. The molecule has 246 valence electrons. The molecule has 17 heteroatoms. The molecule has 5 rings (SSSR count). The molecule has 47 heavy (non-hydrogen) atoms. The van der Waals surface area contributed by atoms with E-state index in [2.05, 4.69) is 20.0 Å². The van der Waals surface area contributed by atoms with Crippen molar-refractivity contribution < 1.29 is 49.0 Å². The Balaban J connectivity index is 1.75. The van der Waals surface area contributed by atoms with E-state index in [0.717, 1.165) is 22.8 Å². The monoisotopic (exact) mass is 682 g/mol. The van der Waals surface area contributed by atoms with Crippen LogP contribution in [0.3, 0.4) is 0 Å². The largest absolute Gasteiger partial charge is 0.507 e. The molecule has 0 fully saturated rings. The van der Waals surface area contributed by atoms with E-state index in [0.29, 0.717) is 11.6 Å². The van der Waals surface area contributed by atoms with Gasteiger partial charge in [-0.15, -0.1) is 0 Å². The molecule has 0 amide bonds. The lowest BCUT2D eigenvalue weighted by atomic mass is 10.0. The van der Waals surface area contributed by atoms with Gasteiger partial charge < -0.3 is 15.2 Å². The van der Waals surface area contributed by atoms with E-state index in [1.54, 1.807) is 32.0 Å². The number of alkyl halides is 1. The van der Waals surface area contributed by atoms with Crippen LogP contribution in [0, 0.1) is 34.9 Å². The maximum absolute atomic E-state index is 15.6. The van der Waals surface area contributed by atoms with Gasteiger partial charge >= 0.3 is 5.69 Å². The average molecular weight is 683 g/mol. The molecule has 0 aliphatic carbocycles. The molecule has 0 bridgehead atoms. The molecule has 2 aromatic heterocycles. The number of fused-ring (bicyclic) bond motifs is 1. The number of aromatic nitrogens is 3. The van der Waals surface area contributed by atoms with Crippen LogP contribution in [0.15, 0.2) is 58.2 Å². The number of phenols is 1. The van der Waals surface area contributed by atoms with E-state index in [1.165, 1.54) is 6.07 Å². The van der Waals surface area contributed by atoms with E-state index in [1.807, 2.05) is 0 Å². The van der Waals surface area contributed by atoms with Crippen LogP contribution < -0.4 is 15.7 Å². The summed E-state index contributed by atoms with van der Waals surface area (Å²) in [6, 6.07) is 10.3. The van der Waals surface area contributed by atoms with Crippen LogP contribution in [0.5, 0.6) is 11.5 Å². The Labute approximate surface area is 260 Å². The van der Waals surface area contributed by atoms with Gasteiger partial charge in [0.1, 0.15) is 29.0 Å². The molecule has 0 saturated heterocycles. The van der Waals surface area contributed by atoms with Crippen molar-refractivity contribution in [3.8, 4) is 28.4 Å². The SMILES string of the molecule is CC(C)c1ccccc1-n1c(=O)nc(NCS(=O)(=O)c2c(F)c(F)c(F)c(F)c2OCF)c2cc(F)c(-c3c(O)cccc3F)nc21. The molecule has 0 aliphatic rings. The van der Waals surface area contributed by atoms with Gasteiger partial charge in [-0.25, -0.2) is 49.1 Å². The Hall–Kier alpha value is -5.19. The van der Waals surface area contributed by atoms with Crippen LogP contribution >= 0.6 is 0 Å². The zero-order valence-corrected chi connectivity index (χ0v) is 24.9. The molecule has 0 atom stereocenters. The summed E-state index contributed by atoms with van der Waals surface area (Å²) in [5.74, 6) is -17.0. The van der Waals surface area contributed by atoms with E-state index in [9.17, 15) is 44.7 Å². The lowest BCUT2D eigenvalue weighted by Gasteiger charge is -2.19. The summed E-state index contributed by atoms with van der Waals surface area (Å²) in [5.41, 5.74) is -2.14. The van der Waals surface area contributed by atoms with Gasteiger partial charge in [-0.05, 0) is 35.7 Å². The number of ether oxygens (including phenoxy) is 1. The highest BCUT2D eigenvalue weighted by Crippen LogP contribution is 2.37. The summed E-state index contributed by atoms with van der Waals surface area (Å²) in [6.07, 6.45) is 0. The number of sulfone groups is 1. The average Bonchev–Trinajstić information content (AvgIpc) is 3.02. The van der Waals surface area contributed by atoms with Crippen molar-refractivity contribution >= 4 is 26.7 Å². The molecule has 9 nitrogen and oxygen atoms in total. The number of phenolic OH excluding ortho intramolecular Hbond substituents is 1. The second-order valence-electron chi connectivity index (χ2n) is 10.2. The zero-order valence-electron chi connectivity index (χ0n) is 24.1. The molecule has 0 radical (unpaired) electrons. The fraction of sp³-hybridized carbons (Fsp3) is 0.167. The van der Waals surface area contributed by atoms with Gasteiger partial charge in [0.15, 0.2) is 33.7 Å². The third kappa shape index (κ3) is 5.82. The highest BCUT2D eigenvalue weighted by Gasteiger charge is 2.35. The van der Waals surface area contributed by atoms with Gasteiger partial charge in [-0.2, -0.15) is 9.37 Å². The first-order valence-electron chi connectivity index (χ1n) is 13.4. The van der Waals surface area contributed by atoms with Crippen LogP contribution in [-0.4, -0.2) is 40.8 Å². The van der Waals surface area contributed by atoms with Crippen molar-refractivity contribution in [1.29, 1.82) is 0 Å². The molecule has 2 N–H and O–H groups in total. The molecule has 0 unspecified atom stereocenters. The van der Waals surface area contributed by atoms with Crippen LogP contribution in [0.4, 0.5) is 36.6 Å². The fourth-order valence-corrected chi connectivity index (χ4v) is 6.13. The second-order valence-corrected chi connectivity index (χ2v) is 12.1. The minimum atomic E-state index is -5.31. The van der Waals surface area contributed by atoms with Gasteiger partial charge in [0.2, 0.25) is 28.3 Å². The highest BCUT2D eigenvalue weighted by atomic mass is 32.2. The van der Waals surface area contributed by atoms with Crippen LogP contribution in [0.25, 0.3) is 28.0 Å². The number of benzene rings is 3. The van der Waals surface area contributed by atoms with Gasteiger partial charge in [-0.1, -0.05) is 38.1 Å². The Morgan fingerprint density at radius 2 is 1.60 bits per heavy atom. The Morgan fingerprint density at radius 3 is 2.26 bits per heavy atom. The standard InChI is InChI=1S/C30H21F7N4O5S/c1-13(2)14-6-3-4-8-18(14)41-29-15(10-17(33)25(39-29)20-16(32)7-5-9-19(20)42)28(40-30(41)43)38-12-47(44,45)27-24(37)22(35)21(34)23(36)26(27)46-11-31/h3-10,13,42H,11-12H2,1-2H3,(H,38,40,43). The predicted octanol–water partition coefficient (Wildman–Crippen LogP) is 6.26. The Kier molecular flexibility index (Phi) is 8.85. The molecule has 3 aromatic carbocycles. The zero-order chi connectivity index (χ0) is 34.4. The van der Waals surface area contributed by atoms with Crippen LogP contribution in [-0.2, 0) is 9.84 Å². The minimum Gasteiger partial charge on any atom is -0.507 e. The summed E-state index contributed by atoms with van der Waals surface area (Å²) in [6.45, 7) is 1.65. The predicted molar refractivity (Wildman–Crippen MR) is 155 cm³/mol. The third-order valence-electron chi connectivity index (χ3n) is 6.97. The number of para-hydroxylation sites is 1. The van der Waals surface area contributed by atoms with Crippen molar-refractivity contribution in [1.82, 2.24) is 14.5 Å². The van der Waals surface area contributed by atoms with E-state index >= 15 is 4.39 Å². The lowest BCUT2D eigenvalue weighted by molar-refractivity contribution is 0.173. The third-order valence-corrected chi connectivity index (χ3v) is 8.48. The van der Waals surface area contributed by atoms with Gasteiger partial charge in [0.25, 0.3) is 0 Å². The molecule has 5 aromatic rings. The number of pyridine rings is 1. The first kappa shape index (κ1) is 33.2. The summed E-state index contributed by atoms with van der Waals surface area (Å²) in [5, 5.41) is 12.1. The number of nitrogens with zero attached hydrogens (tertiary/aromatic N) is 3. The topological polar surface area (TPSA) is 123 Å². The van der Waals surface area contributed by atoms with E-state index in [-0.39, 0.29) is 11.6 Å². The maximum Gasteiger partial charge on any atom is 0.355 e. The Bertz CT molecular complexity index is 2210. The van der Waals surface area contributed by atoms with Crippen molar-refractivity contribution in [2.75, 3.05) is 18.1 Å². The fourth-order valence-electron chi connectivity index (χ4n) is 4.86. The normalized spacial score (nSPS) is 11.8. The first-order valence-corrected chi connectivity index (χ1v) is 15.1. The summed E-state index contributed by atoms with van der Waals surface area (Å²) in [4.78, 5) is 19.6. The second kappa shape index (κ2) is 12.5. The van der Waals surface area contributed by atoms with Gasteiger partial charge in [0, 0.05) is 0 Å². The number of halogens is 7. The maximum atomic E-state index is 15.6. The van der Waals surface area contributed by atoms with Crippen molar-refractivity contribution in [2.24, 2.45) is 0 Å². The summed E-state index contributed by atoms with van der Waals surface area (Å²) < 4.78 is 131. The van der Waals surface area contributed by atoms with Gasteiger partial charge in [-0.3, -0.25) is 0 Å². The van der Waals surface area contributed by atoms with Crippen LogP contribution in [0.1, 0.15) is 25.3 Å². The summed E-state index contributed by atoms with van der Waals surface area (Å²) >= 11 is 0. The molecular weight excluding hydrogens is 661 g/mol. The Morgan fingerprint density at radius 1 is 0.915 bits per heavy atom. The number of rotatable bonds is 9. The van der Waals surface area contributed by atoms with E-state index in [4.69, 9.17) is 0 Å². The number of hydrogen-bond acceptors (Lipinski definition) is 8. The molecule has 0 aliphatic heterocycles. The van der Waals surface area contributed by atoms with Gasteiger partial charge in [0.05, 0.1) is 16.6 Å². The molecular formula is C30H21F7N4O5S. The highest BCUT2D eigenvalue weighted by molar-refractivity contribution is 7.91. The van der Waals surface area contributed by atoms with Crippen molar-refractivity contribution in [3.05, 3.63) is 99.5 Å². The first-order chi connectivity index (χ1) is 22.2. The quantitative estimate of drug-likeness (QED) is 0.0809. The minimum absolute atomic E-state index is 0.196. The van der Waals surface area contributed by atoms with Crippen molar-refractivity contribution in [2.45, 2.75) is 24.7 Å². The van der Waals surface area contributed by atoms with Crippen LogP contribution in [0.2, 0.25) is 0 Å². The molecule has 0 spiro atoms. The smallest absolute Gasteiger partial charge is 0.355 e. The number of hydrogen-bond donors (Lipinski definition) is 2.